The maximum absolute atomic E-state index is 12.4. The van der Waals surface area contributed by atoms with E-state index in [4.69, 9.17) is 15.5 Å². The van der Waals surface area contributed by atoms with Crippen molar-refractivity contribution in [1.29, 1.82) is 0 Å². The first-order valence-electron chi connectivity index (χ1n) is 12.7. The number of rotatable bonds is 7. The Morgan fingerprint density at radius 3 is 2.33 bits per heavy atom. The van der Waals surface area contributed by atoms with Gasteiger partial charge in [0.2, 0.25) is 0 Å². The number of aryl methyl sites for hydroxylation is 1. The van der Waals surface area contributed by atoms with Crippen LogP contribution in [0.3, 0.4) is 0 Å². The number of primary amides is 1. The van der Waals surface area contributed by atoms with E-state index in [0.29, 0.717) is 11.4 Å². The summed E-state index contributed by atoms with van der Waals surface area (Å²) in [5.74, 6) is 0.675. The van der Waals surface area contributed by atoms with E-state index < -0.39 is 6.03 Å². The number of hydrogen-bond donors (Lipinski definition) is 1. The van der Waals surface area contributed by atoms with Crippen LogP contribution in [0.2, 0.25) is 0 Å². The zero-order valence-electron chi connectivity index (χ0n) is 22.2. The minimum absolute atomic E-state index is 0. The van der Waals surface area contributed by atoms with Crippen LogP contribution in [0.15, 0.2) is 78.9 Å². The topological polar surface area (TPSA) is 74.9 Å². The van der Waals surface area contributed by atoms with Crippen molar-refractivity contribution in [2.45, 2.75) is 13.3 Å². The lowest BCUT2D eigenvalue weighted by Gasteiger charge is -2.36. The zero-order chi connectivity index (χ0) is 25.8. The number of ether oxygens (including phenoxy) is 1. The molecular weight excluding hydrogens is 533 g/mol. The molecule has 7 nitrogen and oxygen atoms in total. The monoisotopic (exact) mass is 567 g/mol. The van der Waals surface area contributed by atoms with Crippen LogP contribution in [-0.4, -0.2) is 55.7 Å². The Kier molecular flexibility index (Phi) is 10.4. The molecule has 1 fully saturated rings. The van der Waals surface area contributed by atoms with Crippen molar-refractivity contribution in [3.05, 3.63) is 90.1 Å². The van der Waals surface area contributed by atoms with E-state index in [1.54, 1.807) is 7.11 Å². The predicted octanol–water partition coefficient (Wildman–Crippen LogP) is 5.98. The van der Waals surface area contributed by atoms with Gasteiger partial charge in [-0.3, -0.25) is 14.8 Å². The third-order valence-corrected chi connectivity index (χ3v) is 6.98. The number of urea groups is 1. The van der Waals surface area contributed by atoms with Gasteiger partial charge in [-0.2, -0.15) is 0 Å². The number of anilines is 3. The first-order chi connectivity index (χ1) is 18.0. The van der Waals surface area contributed by atoms with Crippen molar-refractivity contribution in [2.24, 2.45) is 5.73 Å². The molecule has 5 rings (SSSR count). The molecule has 2 amide bonds. The molecule has 2 N–H and O–H groups in total. The van der Waals surface area contributed by atoms with Crippen molar-refractivity contribution < 1.29 is 9.53 Å². The first kappa shape index (κ1) is 30.0. The average Bonchev–Trinajstić information content (AvgIpc) is 2.92. The Morgan fingerprint density at radius 1 is 0.923 bits per heavy atom. The first-order valence-corrected chi connectivity index (χ1v) is 12.7. The average molecular weight is 569 g/mol. The molecule has 1 aromatic heterocycles. The molecule has 0 spiro atoms. The predicted molar refractivity (Wildman–Crippen MR) is 164 cm³/mol. The number of methoxy groups -OCH3 is 1. The molecule has 1 saturated heterocycles. The van der Waals surface area contributed by atoms with Gasteiger partial charge in [-0.1, -0.05) is 24.3 Å². The van der Waals surface area contributed by atoms with Gasteiger partial charge in [-0.15, -0.1) is 24.8 Å². The van der Waals surface area contributed by atoms with Crippen LogP contribution in [0.25, 0.3) is 10.9 Å². The number of nitrogens with zero attached hydrogens (tertiary/aromatic N) is 4. The number of nitrogens with two attached hydrogens (primary N) is 1. The van der Waals surface area contributed by atoms with Gasteiger partial charge in [0, 0.05) is 55.6 Å². The Labute approximate surface area is 242 Å². The van der Waals surface area contributed by atoms with Crippen molar-refractivity contribution in [2.75, 3.05) is 49.6 Å². The highest BCUT2D eigenvalue weighted by Crippen LogP contribution is 2.30. The maximum Gasteiger partial charge on any atom is 0.323 e. The zero-order valence-corrected chi connectivity index (χ0v) is 23.9. The van der Waals surface area contributed by atoms with Crippen LogP contribution >= 0.6 is 24.8 Å². The molecule has 39 heavy (non-hydrogen) atoms. The molecule has 1 aliphatic heterocycles. The summed E-state index contributed by atoms with van der Waals surface area (Å²) in [6, 6.07) is 25.5. The summed E-state index contributed by atoms with van der Waals surface area (Å²) >= 11 is 0. The summed E-state index contributed by atoms with van der Waals surface area (Å²) in [4.78, 5) is 23.5. The number of benzene rings is 3. The summed E-state index contributed by atoms with van der Waals surface area (Å²) in [5, 5.41) is 1.22. The van der Waals surface area contributed by atoms with Crippen molar-refractivity contribution >= 4 is 58.8 Å². The highest BCUT2D eigenvalue weighted by molar-refractivity contribution is 5.98. The number of fused-ring (bicyclic) bond motifs is 1. The quantitative estimate of drug-likeness (QED) is 0.297. The molecule has 0 bridgehead atoms. The second-order valence-corrected chi connectivity index (χ2v) is 9.42. The minimum atomic E-state index is -0.527. The molecule has 9 heteroatoms. The van der Waals surface area contributed by atoms with Gasteiger partial charge >= 0.3 is 6.03 Å². The van der Waals surface area contributed by atoms with E-state index in [-0.39, 0.29) is 24.8 Å². The largest absolute Gasteiger partial charge is 0.497 e. The number of carbonyl (C=O) groups excluding carboxylic acids is 1. The summed E-state index contributed by atoms with van der Waals surface area (Å²) in [5.41, 5.74) is 11.7. The number of halogens is 2. The van der Waals surface area contributed by atoms with E-state index >= 15 is 0 Å². The molecule has 0 atom stereocenters. The number of aromatic nitrogens is 1. The standard InChI is InChI=1S/C30H33N5O2.2ClH/c1-22-12-13-27-28(32-22)10-5-11-29(27)34-18-16-33(17-19-34)15-14-23-6-3-7-24(20-23)35(30(31)36)25-8-4-9-26(21-25)37-2;;/h3-13,20-21H,14-19H2,1-2H3,(H2,31,36);2*1H. The molecule has 0 saturated carbocycles. The number of carbonyl (C=O) groups is 1. The number of pyridine rings is 1. The Morgan fingerprint density at radius 2 is 1.62 bits per heavy atom. The molecule has 206 valence electrons. The Bertz CT molecular complexity index is 1410. The van der Waals surface area contributed by atoms with Gasteiger partial charge < -0.3 is 15.4 Å². The second kappa shape index (κ2) is 13.5. The van der Waals surface area contributed by atoms with Gasteiger partial charge in [0.1, 0.15) is 5.75 Å². The Hall–Kier alpha value is -3.52. The number of piperazine rings is 1. The summed E-state index contributed by atoms with van der Waals surface area (Å²) in [6.07, 6.45) is 0.899. The molecule has 3 aromatic carbocycles. The van der Waals surface area contributed by atoms with Gasteiger partial charge in [-0.05, 0) is 67.4 Å². The SMILES string of the molecule is COc1cccc(N(C(N)=O)c2cccc(CCN3CCN(c4cccc5nc(C)ccc45)CC3)c2)c1.Cl.Cl. The van der Waals surface area contributed by atoms with E-state index in [9.17, 15) is 4.79 Å². The third kappa shape index (κ3) is 6.92. The highest BCUT2D eigenvalue weighted by Gasteiger charge is 2.20. The van der Waals surface area contributed by atoms with Crippen molar-refractivity contribution in [3.63, 3.8) is 0 Å². The fourth-order valence-corrected chi connectivity index (χ4v) is 5.02. The Balaban J connectivity index is 0.00000210. The molecule has 0 unspecified atom stereocenters. The molecule has 2 heterocycles. The summed E-state index contributed by atoms with van der Waals surface area (Å²) in [6.45, 7) is 6.98. The van der Waals surface area contributed by atoms with Crippen LogP contribution in [0.5, 0.6) is 5.75 Å². The lowest BCUT2D eigenvalue weighted by atomic mass is 10.1. The number of amides is 2. The van der Waals surface area contributed by atoms with Crippen molar-refractivity contribution in [3.8, 4) is 5.75 Å². The van der Waals surface area contributed by atoms with Gasteiger partial charge in [0.05, 0.1) is 24.0 Å². The smallest absolute Gasteiger partial charge is 0.323 e. The molecule has 4 aromatic rings. The highest BCUT2D eigenvalue weighted by atomic mass is 35.5. The van der Waals surface area contributed by atoms with Gasteiger partial charge in [-0.25, -0.2) is 4.79 Å². The van der Waals surface area contributed by atoms with Crippen LogP contribution < -0.4 is 20.3 Å². The van der Waals surface area contributed by atoms with E-state index in [0.717, 1.165) is 56.0 Å². The van der Waals surface area contributed by atoms with E-state index in [2.05, 4.69) is 46.2 Å². The van der Waals surface area contributed by atoms with Gasteiger partial charge in [0.25, 0.3) is 0 Å². The third-order valence-electron chi connectivity index (χ3n) is 6.98. The van der Waals surface area contributed by atoms with Gasteiger partial charge in [0.15, 0.2) is 0 Å². The van der Waals surface area contributed by atoms with Crippen molar-refractivity contribution in [1.82, 2.24) is 9.88 Å². The summed E-state index contributed by atoms with van der Waals surface area (Å²) < 4.78 is 5.32. The minimum Gasteiger partial charge on any atom is -0.497 e. The number of hydrogen-bond acceptors (Lipinski definition) is 5. The van der Waals surface area contributed by atoms with Crippen LogP contribution in [0.4, 0.5) is 21.9 Å². The fourth-order valence-electron chi connectivity index (χ4n) is 5.02. The maximum atomic E-state index is 12.4. The fraction of sp³-hybridized carbons (Fsp3) is 0.267. The molecule has 0 aliphatic carbocycles. The molecule has 1 aliphatic rings. The van der Waals surface area contributed by atoms with E-state index in [1.807, 2.05) is 49.4 Å². The molecule has 0 radical (unpaired) electrons. The van der Waals surface area contributed by atoms with Crippen LogP contribution in [-0.2, 0) is 6.42 Å². The lowest BCUT2D eigenvalue weighted by molar-refractivity contribution is 0.256. The molecular formula is C30H35Cl2N5O2. The van der Waals surface area contributed by atoms with Crippen LogP contribution in [0, 0.1) is 6.92 Å². The normalized spacial score (nSPS) is 13.3. The lowest BCUT2D eigenvalue weighted by Crippen LogP contribution is -2.47. The van der Waals surface area contributed by atoms with Crippen LogP contribution in [0.1, 0.15) is 11.3 Å². The summed E-state index contributed by atoms with van der Waals surface area (Å²) in [7, 11) is 1.61. The van der Waals surface area contributed by atoms with E-state index in [1.165, 1.54) is 21.5 Å². The second-order valence-electron chi connectivity index (χ2n) is 9.42.